The number of benzene rings is 1. The number of nitrogens with two attached hydrogens (primary N) is 1. The summed E-state index contributed by atoms with van der Waals surface area (Å²) in [5.41, 5.74) is 6.29. The van der Waals surface area contributed by atoms with Crippen molar-refractivity contribution < 1.29 is 4.74 Å². The highest BCUT2D eigenvalue weighted by atomic mass is 35.5. The quantitative estimate of drug-likeness (QED) is 0.598. The number of halogens is 1. The lowest BCUT2D eigenvalue weighted by Gasteiger charge is -2.09. The molecule has 2 N–H and O–H groups in total. The van der Waals surface area contributed by atoms with Crippen LogP contribution < -0.4 is 10.5 Å². The van der Waals surface area contributed by atoms with Crippen molar-refractivity contribution >= 4 is 17.3 Å². The zero-order valence-corrected chi connectivity index (χ0v) is 8.47. The van der Waals surface area contributed by atoms with Gasteiger partial charge >= 0.3 is 0 Å². The van der Waals surface area contributed by atoms with Crippen LogP contribution in [0.5, 0.6) is 5.75 Å². The van der Waals surface area contributed by atoms with Gasteiger partial charge in [0, 0.05) is 0 Å². The van der Waals surface area contributed by atoms with Crippen LogP contribution in [0.1, 0.15) is 19.8 Å². The van der Waals surface area contributed by atoms with Gasteiger partial charge in [-0.2, -0.15) is 0 Å². The highest BCUT2D eigenvalue weighted by Gasteiger charge is 2.04. The molecular formula is C10H14ClNO. The van der Waals surface area contributed by atoms with E-state index in [-0.39, 0.29) is 0 Å². The fourth-order valence-corrected chi connectivity index (χ4v) is 1.23. The van der Waals surface area contributed by atoms with Gasteiger partial charge in [0.2, 0.25) is 0 Å². The molecule has 72 valence electrons. The maximum Gasteiger partial charge on any atom is 0.160 e. The van der Waals surface area contributed by atoms with Crippen molar-refractivity contribution in [3.05, 3.63) is 23.2 Å². The molecule has 1 rings (SSSR count). The fourth-order valence-electron chi connectivity index (χ4n) is 0.996. The molecule has 0 bridgehead atoms. The van der Waals surface area contributed by atoms with Gasteiger partial charge in [0.05, 0.1) is 17.3 Å². The van der Waals surface area contributed by atoms with Crippen molar-refractivity contribution in [1.29, 1.82) is 0 Å². The number of para-hydroxylation sites is 1. The summed E-state index contributed by atoms with van der Waals surface area (Å²) in [4.78, 5) is 0. The largest absolute Gasteiger partial charge is 0.490 e. The second-order valence-corrected chi connectivity index (χ2v) is 3.27. The van der Waals surface area contributed by atoms with Crippen LogP contribution >= 0.6 is 11.6 Å². The molecule has 0 aromatic heterocycles. The summed E-state index contributed by atoms with van der Waals surface area (Å²) in [5.74, 6) is 0.609. The maximum atomic E-state index is 5.90. The minimum absolute atomic E-state index is 0.580. The molecule has 0 amide bonds. The molecule has 0 heterocycles. The SMILES string of the molecule is CCCCOc1c(N)cccc1Cl. The van der Waals surface area contributed by atoms with Gasteiger partial charge in [0.15, 0.2) is 5.75 Å². The molecule has 0 atom stereocenters. The molecule has 0 aliphatic rings. The third-order valence-electron chi connectivity index (χ3n) is 1.74. The second-order valence-electron chi connectivity index (χ2n) is 2.86. The summed E-state index contributed by atoms with van der Waals surface area (Å²) >= 11 is 5.90. The summed E-state index contributed by atoms with van der Waals surface area (Å²) < 4.78 is 5.45. The number of rotatable bonds is 4. The molecule has 0 saturated carbocycles. The first kappa shape index (κ1) is 10.2. The van der Waals surface area contributed by atoms with Crippen molar-refractivity contribution in [1.82, 2.24) is 0 Å². The first-order chi connectivity index (χ1) is 6.25. The Bertz CT molecular complexity index is 255. The Balaban J connectivity index is 2.64. The highest BCUT2D eigenvalue weighted by Crippen LogP contribution is 2.30. The van der Waals surface area contributed by atoms with Crippen molar-refractivity contribution in [3.63, 3.8) is 0 Å². The van der Waals surface area contributed by atoms with E-state index in [0.29, 0.717) is 23.1 Å². The van der Waals surface area contributed by atoms with Crippen LogP contribution in [-0.2, 0) is 0 Å². The lowest BCUT2D eigenvalue weighted by Crippen LogP contribution is -2.00. The van der Waals surface area contributed by atoms with Crippen LogP contribution in [0, 0.1) is 0 Å². The number of hydrogen-bond acceptors (Lipinski definition) is 2. The summed E-state index contributed by atoms with van der Waals surface area (Å²) in [6.07, 6.45) is 2.12. The summed E-state index contributed by atoms with van der Waals surface area (Å²) in [6.45, 7) is 2.78. The number of ether oxygens (including phenoxy) is 1. The fraction of sp³-hybridized carbons (Fsp3) is 0.400. The van der Waals surface area contributed by atoms with Crippen LogP contribution in [0.15, 0.2) is 18.2 Å². The van der Waals surface area contributed by atoms with Crippen molar-refractivity contribution in [2.45, 2.75) is 19.8 Å². The Labute approximate surface area is 83.6 Å². The predicted octanol–water partition coefficient (Wildman–Crippen LogP) is 3.10. The van der Waals surface area contributed by atoms with Gasteiger partial charge in [-0.1, -0.05) is 31.0 Å². The molecule has 0 radical (unpaired) electrons. The second kappa shape index (κ2) is 4.97. The predicted molar refractivity (Wildman–Crippen MR) is 56.3 cm³/mol. The topological polar surface area (TPSA) is 35.2 Å². The standard InChI is InChI=1S/C10H14ClNO/c1-2-3-7-13-10-8(11)5-4-6-9(10)12/h4-6H,2-3,7,12H2,1H3. The molecule has 0 aliphatic heterocycles. The lowest BCUT2D eigenvalue weighted by atomic mass is 10.3. The number of anilines is 1. The first-order valence-corrected chi connectivity index (χ1v) is 4.80. The number of nitrogen functional groups attached to an aromatic ring is 1. The Kier molecular flexibility index (Phi) is 3.90. The van der Waals surface area contributed by atoms with E-state index in [1.807, 2.05) is 6.07 Å². The van der Waals surface area contributed by atoms with Gasteiger partial charge in [-0.25, -0.2) is 0 Å². The summed E-state index contributed by atoms with van der Waals surface area (Å²) in [6, 6.07) is 5.37. The van der Waals surface area contributed by atoms with E-state index >= 15 is 0 Å². The molecule has 1 aromatic carbocycles. The van der Waals surface area contributed by atoms with Gasteiger partial charge in [-0.05, 0) is 18.6 Å². The van der Waals surface area contributed by atoms with E-state index in [9.17, 15) is 0 Å². The van der Waals surface area contributed by atoms with E-state index < -0.39 is 0 Å². The minimum Gasteiger partial charge on any atom is -0.490 e. The first-order valence-electron chi connectivity index (χ1n) is 4.42. The third-order valence-corrected chi connectivity index (χ3v) is 2.04. The van der Waals surface area contributed by atoms with E-state index in [2.05, 4.69) is 6.92 Å². The molecule has 3 heteroatoms. The van der Waals surface area contributed by atoms with Gasteiger partial charge in [-0.3, -0.25) is 0 Å². The van der Waals surface area contributed by atoms with Crippen molar-refractivity contribution in [2.75, 3.05) is 12.3 Å². The maximum absolute atomic E-state index is 5.90. The molecular weight excluding hydrogens is 186 g/mol. The Morgan fingerprint density at radius 3 is 2.85 bits per heavy atom. The third kappa shape index (κ3) is 2.81. The molecule has 0 unspecified atom stereocenters. The van der Waals surface area contributed by atoms with Crippen LogP contribution in [0.25, 0.3) is 0 Å². The molecule has 1 aromatic rings. The van der Waals surface area contributed by atoms with Crippen LogP contribution in [0.2, 0.25) is 5.02 Å². The number of hydrogen-bond donors (Lipinski definition) is 1. The lowest BCUT2D eigenvalue weighted by molar-refractivity contribution is 0.311. The molecule has 0 spiro atoms. The van der Waals surface area contributed by atoms with E-state index in [4.69, 9.17) is 22.1 Å². The van der Waals surface area contributed by atoms with Crippen molar-refractivity contribution in [2.24, 2.45) is 0 Å². The van der Waals surface area contributed by atoms with E-state index in [1.54, 1.807) is 12.1 Å². The zero-order chi connectivity index (χ0) is 9.68. The molecule has 13 heavy (non-hydrogen) atoms. The van der Waals surface area contributed by atoms with Gasteiger partial charge in [-0.15, -0.1) is 0 Å². The van der Waals surface area contributed by atoms with E-state index in [1.165, 1.54) is 0 Å². The normalized spacial score (nSPS) is 10.0. The van der Waals surface area contributed by atoms with Crippen LogP contribution in [-0.4, -0.2) is 6.61 Å². The molecule has 0 fully saturated rings. The Hall–Kier alpha value is -0.890. The number of unbranched alkanes of at least 4 members (excludes halogenated alkanes) is 1. The molecule has 0 aliphatic carbocycles. The summed E-state index contributed by atoms with van der Waals surface area (Å²) in [5, 5.41) is 0.580. The Morgan fingerprint density at radius 2 is 2.23 bits per heavy atom. The van der Waals surface area contributed by atoms with Crippen LogP contribution in [0.3, 0.4) is 0 Å². The highest BCUT2D eigenvalue weighted by molar-refractivity contribution is 6.32. The molecule has 2 nitrogen and oxygen atoms in total. The van der Waals surface area contributed by atoms with Crippen molar-refractivity contribution in [3.8, 4) is 5.75 Å². The van der Waals surface area contributed by atoms with Gasteiger partial charge in [0.1, 0.15) is 0 Å². The van der Waals surface area contributed by atoms with E-state index in [0.717, 1.165) is 12.8 Å². The average molecular weight is 200 g/mol. The van der Waals surface area contributed by atoms with Crippen LogP contribution in [0.4, 0.5) is 5.69 Å². The smallest absolute Gasteiger partial charge is 0.160 e. The van der Waals surface area contributed by atoms with Gasteiger partial charge in [0.25, 0.3) is 0 Å². The Morgan fingerprint density at radius 1 is 1.46 bits per heavy atom. The average Bonchev–Trinajstić information content (AvgIpc) is 2.10. The minimum atomic E-state index is 0.580. The molecule has 0 saturated heterocycles. The summed E-state index contributed by atoms with van der Waals surface area (Å²) in [7, 11) is 0. The zero-order valence-electron chi connectivity index (χ0n) is 7.72. The van der Waals surface area contributed by atoms with Gasteiger partial charge < -0.3 is 10.5 Å². The monoisotopic (exact) mass is 199 g/mol.